The number of rotatable bonds is 10. The Morgan fingerprint density at radius 3 is 2.55 bits per heavy atom. The van der Waals surface area contributed by atoms with Gasteiger partial charge in [-0.25, -0.2) is 0 Å². The third-order valence-electron chi connectivity index (χ3n) is 4.32. The molecule has 0 spiro atoms. The van der Waals surface area contributed by atoms with Gasteiger partial charge in [0, 0.05) is 12.1 Å². The number of nitro benzene ring substituents is 1. The van der Waals surface area contributed by atoms with Crippen LogP contribution >= 0.6 is 11.6 Å². The fourth-order valence-corrected chi connectivity index (χ4v) is 3.05. The molecule has 0 heterocycles. The van der Waals surface area contributed by atoms with Crippen LogP contribution in [0.25, 0.3) is 11.6 Å². The first kappa shape index (κ1) is 22.3. The number of allylic oxidation sites excluding steroid dienone is 1. The van der Waals surface area contributed by atoms with Gasteiger partial charge in [-0.15, -0.1) is 0 Å². The fourth-order valence-electron chi connectivity index (χ4n) is 2.78. The quantitative estimate of drug-likeness (QED) is 0.150. The molecule has 29 heavy (non-hydrogen) atoms. The van der Waals surface area contributed by atoms with Gasteiger partial charge in [0.25, 0.3) is 5.69 Å². The molecule has 0 unspecified atom stereocenters. The molecule has 0 radical (unpaired) electrons. The molecule has 0 atom stereocenters. The van der Waals surface area contributed by atoms with Crippen molar-refractivity contribution in [2.75, 3.05) is 13.7 Å². The molecule has 2 aromatic rings. The molecular weight excluding hydrogens is 392 g/mol. The Bertz CT molecular complexity index is 918. The van der Waals surface area contributed by atoms with Crippen molar-refractivity contribution in [3.63, 3.8) is 0 Å². The molecule has 152 valence electrons. The Kier molecular flexibility index (Phi) is 8.50. The van der Waals surface area contributed by atoms with Crippen LogP contribution in [-0.4, -0.2) is 18.6 Å². The molecule has 0 bridgehead atoms. The molecule has 0 N–H and O–H groups in total. The van der Waals surface area contributed by atoms with Crippen molar-refractivity contribution >= 4 is 28.9 Å². The third-order valence-corrected chi connectivity index (χ3v) is 4.60. The van der Waals surface area contributed by atoms with E-state index in [1.165, 1.54) is 19.2 Å². The highest BCUT2D eigenvalue weighted by Crippen LogP contribution is 2.37. The maximum absolute atomic E-state index is 10.8. The molecule has 0 fully saturated rings. The van der Waals surface area contributed by atoms with E-state index >= 15 is 0 Å². The van der Waals surface area contributed by atoms with Crippen molar-refractivity contribution in [1.29, 1.82) is 5.26 Å². The van der Waals surface area contributed by atoms with Crippen LogP contribution < -0.4 is 9.47 Å². The van der Waals surface area contributed by atoms with Crippen LogP contribution in [0.5, 0.6) is 11.5 Å². The summed E-state index contributed by atoms with van der Waals surface area (Å²) in [7, 11) is 1.53. The van der Waals surface area contributed by atoms with Gasteiger partial charge in [-0.05, 0) is 47.9 Å². The lowest BCUT2D eigenvalue weighted by Gasteiger charge is -2.13. The minimum atomic E-state index is -0.481. The summed E-state index contributed by atoms with van der Waals surface area (Å²) in [5, 5.41) is 20.7. The van der Waals surface area contributed by atoms with E-state index in [1.54, 1.807) is 30.3 Å². The van der Waals surface area contributed by atoms with E-state index in [0.717, 1.165) is 25.7 Å². The molecule has 7 heteroatoms. The number of hydrogen-bond donors (Lipinski definition) is 0. The Balaban J connectivity index is 2.25. The summed E-state index contributed by atoms with van der Waals surface area (Å²) in [5.74, 6) is 0.969. The third kappa shape index (κ3) is 6.23. The van der Waals surface area contributed by atoms with Gasteiger partial charge in [0.2, 0.25) is 0 Å². The molecule has 0 saturated carbocycles. The number of non-ortho nitro benzene ring substituents is 1. The van der Waals surface area contributed by atoms with Crippen molar-refractivity contribution in [3.05, 3.63) is 62.7 Å². The molecule has 0 aliphatic heterocycles. The van der Waals surface area contributed by atoms with Crippen molar-refractivity contribution in [3.8, 4) is 17.6 Å². The van der Waals surface area contributed by atoms with E-state index in [0.29, 0.717) is 39.8 Å². The number of hydrogen-bond acceptors (Lipinski definition) is 5. The van der Waals surface area contributed by atoms with Gasteiger partial charge >= 0.3 is 0 Å². The number of benzene rings is 2. The largest absolute Gasteiger partial charge is 0.493 e. The predicted molar refractivity (Wildman–Crippen MR) is 114 cm³/mol. The van der Waals surface area contributed by atoms with Crippen LogP contribution in [0, 0.1) is 21.4 Å². The predicted octanol–water partition coefficient (Wildman–Crippen LogP) is 6.28. The number of halogens is 1. The molecule has 2 rings (SSSR count). The van der Waals surface area contributed by atoms with E-state index in [2.05, 4.69) is 13.0 Å². The first-order chi connectivity index (χ1) is 14.0. The number of nitrogens with zero attached hydrogens (tertiary/aromatic N) is 2. The van der Waals surface area contributed by atoms with Crippen LogP contribution in [0.3, 0.4) is 0 Å². The summed E-state index contributed by atoms with van der Waals surface area (Å²) < 4.78 is 11.2. The number of ether oxygens (including phenoxy) is 2. The lowest BCUT2D eigenvalue weighted by Crippen LogP contribution is -2.00. The lowest BCUT2D eigenvalue weighted by atomic mass is 10.0. The van der Waals surface area contributed by atoms with Crippen LogP contribution in [0.2, 0.25) is 5.02 Å². The Morgan fingerprint density at radius 2 is 1.97 bits per heavy atom. The minimum Gasteiger partial charge on any atom is -0.493 e. The van der Waals surface area contributed by atoms with Gasteiger partial charge in [0.05, 0.1) is 35.3 Å². The summed E-state index contributed by atoms with van der Waals surface area (Å²) in [6.45, 7) is 2.71. The van der Waals surface area contributed by atoms with Gasteiger partial charge in [-0.1, -0.05) is 37.8 Å². The smallest absolute Gasteiger partial charge is 0.269 e. The minimum absolute atomic E-state index is 0.0313. The van der Waals surface area contributed by atoms with Gasteiger partial charge in [-0.2, -0.15) is 5.26 Å². The van der Waals surface area contributed by atoms with Gasteiger partial charge in [0.15, 0.2) is 11.5 Å². The first-order valence-electron chi connectivity index (χ1n) is 9.37. The van der Waals surface area contributed by atoms with Crippen molar-refractivity contribution in [2.24, 2.45) is 0 Å². The topological polar surface area (TPSA) is 85.4 Å². The summed E-state index contributed by atoms with van der Waals surface area (Å²) in [5.41, 5.74) is 1.56. The van der Waals surface area contributed by atoms with Gasteiger partial charge < -0.3 is 9.47 Å². The van der Waals surface area contributed by atoms with E-state index < -0.39 is 4.92 Å². The number of methoxy groups -OCH3 is 1. The zero-order valence-corrected chi connectivity index (χ0v) is 17.2. The maximum Gasteiger partial charge on any atom is 0.269 e. The molecule has 0 saturated heterocycles. The van der Waals surface area contributed by atoms with Crippen molar-refractivity contribution in [1.82, 2.24) is 0 Å². The number of nitro groups is 1. The summed E-state index contributed by atoms with van der Waals surface area (Å²) in [4.78, 5) is 10.3. The zero-order valence-electron chi connectivity index (χ0n) is 16.5. The van der Waals surface area contributed by atoms with E-state index in [-0.39, 0.29) is 5.69 Å². The van der Waals surface area contributed by atoms with E-state index in [1.807, 2.05) is 0 Å². The average molecular weight is 415 g/mol. The van der Waals surface area contributed by atoms with Crippen LogP contribution in [-0.2, 0) is 0 Å². The lowest BCUT2D eigenvalue weighted by molar-refractivity contribution is -0.384. The van der Waals surface area contributed by atoms with Crippen LogP contribution in [0.1, 0.15) is 43.7 Å². The normalized spacial score (nSPS) is 11.0. The van der Waals surface area contributed by atoms with E-state index in [4.69, 9.17) is 21.1 Å². The fraction of sp³-hybridized carbons (Fsp3) is 0.318. The summed E-state index contributed by atoms with van der Waals surface area (Å²) in [6, 6.07) is 11.4. The highest BCUT2D eigenvalue weighted by Gasteiger charge is 2.13. The molecular formula is C22H23ClN2O4. The SMILES string of the molecule is CCCCCCOc1c(Cl)cc(/C=C(\C#N)c2ccc([N+](=O)[O-])cc2)cc1OC. The Morgan fingerprint density at radius 1 is 1.24 bits per heavy atom. The van der Waals surface area contributed by atoms with Gasteiger partial charge in [0.1, 0.15) is 0 Å². The molecule has 6 nitrogen and oxygen atoms in total. The molecule has 2 aromatic carbocycles. The van der Waals surface area contributed by atoms with Gasteiger partial charge in [-0.3, -0.25) is 10.1 Å². The molecule has 0 aliphatic rings. The monoisotopic (exact) mass is 414 g/mol. The first-order valence-corrected chi connectivity index (χ1v) is 9.75. The second-order valence-electron chi connectivity index (χ2n) is 6.42. The Hall–Kier alpha value is -3.04. The standard InChI is InChI=1S/C22H23ClN2O4/c1-3-4-5-6-11-29-22-20(23)13-16(14-21(22)28-2)12-18(15-24)17-7-9-19(10-8-17)25(26)27/h7-10,12-14H,3-6,11H2,1-2H3/b18-12+. The molecule has 0 amide bonds. The average Bonchev–Trinajstić information content (AvgIpc) is 2.72. The summed E-state index contributed by atoms with van der Waals surface area (Å²) >= 11 is 6.39. The Labute approximate surface area is 175 Å². The van der Waals surface area contributed by atoms with E-state index in [9.17, 15) is 15.4 Å². The summed E-state index contributed by atoms with van der Waals surface area (Å²) in [6.07, 6.45) is 6.00. The van der Waals surface area contributed by atoms with Crippen molar-refractivity contribution in [2.45, 2.75) is 32.6 Å². The van der Waals surface area contributed by atoms with Crippen LogP contribution in [0.15, 0.2) is 36.4 Å². The highest BCUT2D eigenvalue weighted by molar-refractivity contribution is 6.32. The second-order valence-corrected chi connectivity index (χ2v) is 6.82. The maximum atomic E-state index is 10.8. The number of unbranched alkanes of at least 4 members (excludes halogenated alkanes) is 3. The zero-order chi connectivity index (χ0) is 21.2. The molecule has 0 aliphatic carbocycles. The van der Waals surface area contributed by atoms with Crippen molar-refractivity contribution < 1.29 is 14.4 Å². The highest BCUT2D eigenvalue weighted by atomic mass is 35.5. The molecule has 0 aromatic heterocycles. The second kappa shape index (κ2) is 11.1. The number of nitriles is 1. The van der Waals surface area contributed by atoms with Crippen LogP contribution in [0.4, 0.5) is 5.69 Å².